The van der Waals surface area contributed by atoms with E-state index in [9.17, 15) is 13.2 Å². The number of benzene rings is 2. The van der Waals surface area contributed by atoms with Gasteiger partial charge in [-0.1, -0.05) is 24.3 Å². The van der Waals surface area contributed by atoms with Crippen molar-refractivity contribution in [1.29, 1.82) is 0 Å². The van der Waals surface area contributed by atoms with Crippen LogP contribution in [0.15, 0.2) is 41.3 Å². The highest BCUT2D eigenvalue weighted by Crippen LogP contribution is 2.29. The quantitative estimate of drug-likeness (QED) is 0.775. The van der Waals surface area contributed by atoms with Crippen molar-refractivity contribution in [2.24, 2.45) is 5.73 Å². The Bertz CT molecular complexity index is 839. The maximum Gasteiger partial charge on any atom is 0.241 e. The number of carbonyl (C=O) groups is 1. The number of rotatable bonds is 5. The number of nitrogens with two attached hydrogens (primary N) is 1. The third-order valence-corrected chi connectivity index (χ3v) is 4.66. The van der Waals surface area contributed by atoms with Crippen LogP contribution in [-0.4, -0.2) is 26.4 Å². The summed E-state index contributed by atoms with van der Waals surface area (Å²) in [4.78, 5) is 11.5. The maximum absolute atomic E-state index is 12.6. The van der Waals surface area contributed by atoms with Gasteiger partial charge in [-0.25, -0.2) is 13.1 Å². The molecule has 0 spiro atoms. The van der Waals surface area contributed by atoms with Gasteiger partial charge in [0.1, 0.15) is 0 Å². The fourth-order valence-corrected chi connectivity index (χ4v) is 3.60. The average molecular weight is 335 g/mol. The van der Waals surface area contributed by atoms with Crippen LogP contribution in [0.3, 0.4) is 0 Å². The minimum absolute atomic E-state index is 0.122. The third kappa shape index (κ3) is 4.28. The third-order valence-electron chi connectivity index (χ3n) is 3.20. The highest BCUT2D eigenvalue weighted by Gasteiger charge is 2.21. The van der Waals surface area contributed by atoms with Gasteiger partial charge in [-0.3, -0.25) is 4.79 Å². The molecule has 0 aromatic heterocycles. The molecule has 0 atom stereocenters. The Labute approximate surface area is 136 Å². The van der Waals surface area contributed by atoms with Crippen LogP contribution >= 0.6 is 0 Å². The molecule has 2 aromatic carbocycles. The van der Waals surface area contributed by atoms with E-state index < -0.39 is 15.6 Å². The topological polar surface area (TPSA) is 101 Å². The summed E-state index contributed by atoms with van der Waals surface area (Å²) in [5, 5.41) is 3.92. The predicted octanol–water partition coefficient (Wildman–Crippen LogP) is 1.81. The first-order valence-electron chi connectivity index (χ1n) is 7.18. The standard InChI is InChI=1S/C16H21N3O3S/c1-11(20)19-14-8-9-15(13-7-5-4-6-12(13)14)23(21,22)18-10-16(2,3)17/h4-9,18H,10,17H2,1-3H3,(H,19,20). The molecule has 7 heteroatoms. The zero-order valence-electron chi connectivity index (χ0n) is 13.4. The second-order valence-corrected chi connectivity index (χ2v) is 7.89. The molecule has 6 nitrogen and oxygen atoms in total. The minimum Gasteiger partial charge on any atom is -0.326 e. The van der Waals surface area contributed by atoms with Crippen LogP contribution in [0, 0.1) is 0 Å². The number of carbonyl (C=O) groups excluding carboxylic acids is 1. The van der Waals surface area contributed by atoms with Crippen LogP contribution in [0.1, 0.15) is 20.8 Å². The van der Waals surface area contributed by atoms with E-state index in [1.54, 1.807) is 44.2 Å². The molecular formula is C16H21N3O3S. The summed E-state index contributed by atoms with van der Waals surface area (Å²) in [6.07, 6.45) is 0. The number of hydrogen-bond donors (Lipinski definition) is 3. The average Bonchev–Trinajstić information content (AvgIpc) is 2.44. The molecule has 124 valence electrons. The van der Waals surface area contributed by atoms with Crippen molar-refractivity contribution in [2.45, 2.75) is 31.2 Å². The van der Waals surface area contributed by atoms with E-state index in [4.69, 9.17) is 5.73 Å². The summed E-state index contributed by atoms with van der Waals surface area (Å²) >= 11 is 0. The molecule has 0 bridgehead atoms. The van der Waals surface area contributed by atoms with Crippen molar-refractivity contribution in [1.82, 2.24) is 4.72 Å². The smallest absolute Gasteiger partial charge is 0.241 e. The lowest BCUT2D eigenvalue weighted by Gasteiger charge is -2.19. The van der Waals surface area contributed by atoms with Crippen LogP contribution in [0.25, 0.3) is 10.8 Å². The van der Waals surface area contributed by atoms with Gasteiger partial charge in [-0.05, 0) is 26.0 Å². The number of hydrogen-bond acceptors (Lipinski definition) is 4. The molecule has 0 aliphatic carbocycles. The Kier molecular flexibility index (Phi) is 4.74. The Morgan fingerprint density at radius 1 is 1.13 bits per heavy atom. The lowest BCUT2D eigenvalue weighted by molar-refractivity contribution is -0.114. The minimum atomic E-state index is -3.71. The van der Waals surface area contributed by atoms with Gasteiger partial charge in [0.05, 0.1) is 4.90 Å². The van der Waals surface area contributed by atoms with Gasteiger partial charge in [0.25, 0.3) is 0 Å². The molecule has 1 amide bonds. The highest BCUT2D eigenvalue weighted by atomic mass is 32.2. The van der Waals surface area contributed by atoms with E-state index in [0.29, 0.717) is 16.5 Å². The summed E-state index contributed by atoms with van der Waals surface area (Å²) in [7, 11) is -3.71. The molecule has 0 radical (unpaired) electrons. The zero-order valence-corrected chi connectivity index (χ0v) is 14.2. The second kappa shape index (κ2) is 6.27. The molecule has 23 heavy (non-hydrogen) atoms. The van der Waals surface area contributed by atoms with Crippen LogP contribution in [0.4, 0.5) is 5.69 Å². The monoisotopic (exact) mass is 335 g/mol. The van der Waals surface area contributed by atoms with E-state index >= 15 is 0 Å². The molecule has 0 fully saturated rings. The highest BCUT2D eigenvalue weighted by molar-refractivity contribution is 7.89. The molecule has 2 rings (SSSR count). The molecule has 0 saturated heterocycles. The molecule has 4 N–H and O–H groups in total. The van der Waals surface area contributed by atoms with Crippen molar-refractivity contribution in [3.05, 3.63) is 36.4 Å². The summed E-state index contributed by atoms with van der Waals surface area (Å²) < 4.78 is 27.7. The molecule has 0 saturated carbocycles. The first-order chi connectivity index (χ1) is 10.6. The summed E-state index contributed by atoms with van der Waals surface area (Å²) in [6, 6.07) is 10.1. The summed E-state index contributed by atoms with van der Waals surface area (Å²) in [5.41, 5.74) is 5.76. The number of sulfonamides is 1. The maximum atomic E-state index is 12.6. The molecule has 0 aliphatic rings. The number of fused-ring (bicyclic) bond motifs is 1. The van der Waals surface area contributed by atoms with E-state index in [1.807, 2.05) is 0 Å². The van der Waals surface area contributed by atoms with Crippen molar-refractivity contribution in [3.8, 4) is 0 Å². The van der Waals surface area contributed by atoms with Gasteiger partial charge in [-0.2, -0.15) is 0 Å². The van der Waals surface area contributed by atoms with Crippen LogP contribution in [0.5, 0.6) is 0 Å². The van der Waals surface area contributed by atoms with Gasteiger partial charge in [0.2, 0.25) is 15.9 Å². The normalized spacial score (nSPS) is 12.3. The van der Waals surface area contributed by atoms with Gasteiger partial charge < -0.3 is 11.1 Å². The number of amides is 1. The summed E-state index contributed by atoms with van der Waals surface area (Å²) in [6.45, 7) is 5.02. The van der Waals surface area contributed by atoms with Gasteiger partial charge >= 0.3 is 0 Å². The second-order valence-electron chi connectivity index (χ2n) is 6.15. The molecule has 0 heterocycles. The lowest BCUT2D eigenvalue weighted by Crippen LogP contribution is -2.45. The predicted molar refractivity (Wildman–Crippen MR) is 91.7 cm³/mol. The van der Waals surface area contributed by atoms with Crippen molar-refractivity contribution in [2.75, 3.05) is 11.9 Å². The molecule has 0 unspecified atom stereocenters. The molecule has 2 aromatic rings. The van der Waals surface area contributed by atoms with E-state index in [2.05, 4.69) is 10.0 Å². The van der Waals surface area contributed by atoms with Crippen molar-refractivity contribution in [3.63, 3.8) is 0 Å². The van der Waals surface area contributed by atoms with Gasteiger partial charge in [0.15, 0.2) is 0 Å². The van der Waals surface area contributed by atoms with Crippen molar-refractivity contribution < 1.29 is 13.2 Å². The fourth-order valence-electron chi connectivity index (χ4n) is 2.16. The molecular weight excluding hydrogens is 314 g/mol. The summed E-state index contributed by atoms with van der Waals surface area (Å²) in [5.74, 6) is -0.214. The Balaban J connectivity index is 2.52. The van der Waals surface area contributed by atoms with Crippen LogP contribution in [0.2, 0.25) is 0 Å². The Morgan fingerprint density at radius 2 is 1.74 bits per heavy atom. The lowest BCUT2D eigenvalue weighted by atomic mass is 10.1. The first-order valence-corrected chi connectivity index (χ1v) is 8.66. The van der Waals surface area contributed by atoms with Gasteiger partial charge in [0, 0.05) is 35.5 Å². The number of nitrogens with one attached hydrogen (secondary N) is 2. The van der Waals surface area contributed by atoms with E-state index in [1.165, 1.54) is 13.0 Å². The van der Waals surface area contributed by atoms with Crippen molar-refractivity contribution >= 4 is 32.4 Å². The van der Waals surface area contributed by atoms with E-state index in [0.717, 1.165) is 0 Å². The van der Waals surface area contributed by atoms with Gasteiger partial charge in [-0.15, -0.1) is 0 Å². The Hall–Kier alpha value is -1.96. The zero-order chi connectivity index (χ0) is 17.3. The van der Waals surface area contributed by atoms with Crippen LogP contribution < -0.4 is 15.8 Å². The first kappa shape index (κ1) is 17.4. The van der Waals surface area contributed by atoms with E-state index in [-0.39, 0.29) is 17.3 Å². The van der Waals surface area contributed by atoms with Crippen LogP contribution in [-0.2, 0) is 14.8 Å². The molecule has 0 aliphatic heterocycles. The Morgan fingerprint density at radius 3 is 2.30 bits per heavy atom. The largest absolute Gasteiger partial charge is 0.326 e. The number of anilines is 1. The fraction of sp³-hybridized carbons (Fsp3) is 0.312. The SMILES string of the molecule is CC(=O)Nc1ccc(S(=O)(=O)NCC(C)(C)N)c2ccccc12.